The average molecular weight is 308 g/mol. The summed E-state index contributed by atoms with van der Waals surface area (Å²) in [5.74, 6) is 1.30. The van der Waals surface area contributed by atoms with Crippen LogP contribution in [0.5, 0.6) is 0 Å². The van der Waals surface area contributed by atoms with Crippen molar-refractivity contribution in [1.29, 1.82) is 0 Å². The fourth-order valence-corrected chi connectivity index (χ4v) is 2.67. The molecule has 21 heavy (non-hydrogen) atoms. The summed E-state index contributed by atoms with van der Waals surface area (Å²) in [6.45, 7) is 5.48. The van der Waals surface area contributed by atoms with E-state index in [-0.39, 0.29) is 11.9 Å². The van der Waals surface area contributed by atoms with Crippen molar-refractivity contribution in [3.05, 3.63) is 34.0 Å². The summed E-state index contributed by atoms with van der Waals surface area (Å²) in [6.07, 6.45) is 1.48. The lowest BCUT2D eigenvalue weighted by molar-refractivity contribution is 0.354. The van der Waals surface area contributed by atoms with Crippen molar-refractivity contribution in [3.8, 4) is 0 Å². The van der Waals surface area contributed by atoms with E-state index in [9.17, 15) is 4.39 Å². The Labute approximate surface area is 128 Å². The third kappa shape index (κ3) is 4.74. The number of aryl methyl sites for hydroxylation is 2. The summed E-state index contributed by atoms with van der Waals surface area (Å²) in [5, 5.41) is 5.34. The third-order valence-electron chi connectivity index (χ3n) is 3.15. The molecular formula is C15H21FN4S. The highest BCUT2D eigenvalue weighted by Crippen LogP contribution is 2.16. The number of nitrogens with zero attached hydrogens (tertiary/aromatic N) is 3. The third-order valence-corrected chi connectivity index (χ3v) is 4.09. The van der Waals surface area contributed by atoms with Crippen LogP contribution in [0.15, 0.2) is 17.5 Å². The number of hydrogen-bond donors (Lipinski definition) is 1. The predicted molar refractivity (Wildman–Crippen MR) is 84.5 cm³/mol. The van der Waals surface area contributed by atoms with Gasteiger partial charge >= 0.3 is 0 Å². The Morgan fingerprint density at radius 3 is 2.71 bits per heavy atom. The fraction of sp³-hybridized carbons (Fsp3) is 0.533. The second-order valence-electron chi connectivity index (χ2n) is 5.07. The van der Waals surface area contributed by atoms with Crippen LogP contribution in [0.3, 0.4) is 0 Å². The van der Waals surface area contributed by atoms with Crippen LogP contribution < -0.4 is 5.32 Å². The Hall–Kier alpha value is -1.56. The van der Waals surface area contributed by atoms with Gasteiger partial charge in [0.2, 0.25) is 5.95 Å². The van der Waals surface area contributed by atoms with E-state index in [0.717, 1.165) is 12.8 Å². The van der Waals surface area contributed by atoms with Crippen molar-refractivity contribution in [3.63, 3.8) is 0 Å². The molecule has 2 heterocycles. The molecule has 2 atom stereocenters. The molecule has 0 fully saturated rings. The highest BCUT2D eigenvalue weighted by atomic mass is 32.1. The lowest BCUT2D eigenvalue weighted by Gasteiger charge is -2.14. The molecule has 0 spiro atoms. The molecule has 0 amide bonds. The highest BCUT2D eigenvalue weighted by molar-refractivity contribution is 7.09. The minimum Gasteiger partial charge on any atom is -0.352 e. The van der Waals surface area contributed by atoms with E-state index in [1.54, 1.807) is 11.3 Å². The number of halogens is 1. The van der Waals surface area contributed by atoms with E-state index in [1.165, 1.54) is 11.8 Å². The predicted octanol–water partition coefficient (Wildman–Crippen LogP) is 3.96. The maximum absolute atomic E-state index is 13.4. The van der Waals surface area contributed by atoms with Gasteiger partial charge in [0.05, 0.1) is 0 Å². The second kappa shape index (κ2) is 7.45. The minimum absolute atomic E-state index is 0.204. The standard InChI is InChI=1S/C15H21FN4S/c1-4-13-18-14(11(3)16)20-15(19-13)17-10(2)7-8-12-6-5-9-21-12/h5-6,9-11H,4,7-8H2,1-3H3,(H,17,18,19,20). The molecule has 0 aliphatic heterocycles. The Bertz CT molecular complexity index is 557. The highest BCUT2D eigenvalue weighted by Gasteiger charge is 2.13. The fourth-order valence-electron chi connectivity index (χ4n) is 1.94. The van der Waals surface area contributed by atoms with E-state index < -0.39 is 6.17 Å². The van der Waals surface area contributed by atoms with Gasteiger partial charge in [-0.25, -0.2) is 9.37 Å². The molecule has 2 unspecified atom stereocenters. The van der Waals surface area contributed by atoms with Crippen LogP contribution in [0, 0.1) is 0 Å². The number of rotatable bonds is 7. The first-order valence-corrected chi connectivity index (χ1v) is 8.14. The molecule has 1 N–H and O–H groups in total. The summed E-state index contributed by atoms with van der Waals surface area (Å²) in [6, 6.07) is 4.42. The van der Waals surface area contributed by atoms with Gasteiger partial charge in [-0.1, -0.05) is 13.0 Å². The maximum Gasteiger partial charge on any atom is 0.226 e. The smallest absolute Gasteiger partial charge is 0.226 e. The van der Waals surface area contributed by atoms with Gasteiger partial charge in [0.25, 0.3) is 0 Å². The summed E-state index contributed by atoms with van der Waals surface area (Å²) in [4.78, 5) is 14.0. The normalized spacial score (nSPS) is 13.9. The number of anilines is 1. The number of nitrogens with one attached hydrogen (secondary N) is 1. The number of thiophene rings is 1. The maximum atomic E-state index is 13.4. The minimum atomic E-state index is -1.18. The molecule has 0 radical (unpaired) electrons. The van der Waals surface area contributed by atoms with Crippen molar-refractivity contribution < 1.29 is 4.39 Å². The van der Waals surface area contributed by atoms with Gasteiger partial charge in [0, 0.05) is 17.3 Å². The van der Waals surface area contributed by atoms with Crippen LogP contribution in [-0.2, 0) is 12.8 Å². The van der Waals surface area contributed by atoms with Crippen molar-refractivity contribution in [2.75, 3.05) is 5.32 Å². The largest absolute Gasteiger partial charge is 0.352 e. The first kappa shape index (κ1) is 15.8. The molecule has 0 aliphatic rings. The second-order valence-corrected chi connectivity index (χ2v) is 6.10. The van der Waals surface area contributed by atoms with Crippen LogP contribution in [0.4, 0.5) is 10.3 Å². The average Bonchev–Trinajstić information content (AvgIpc) is 2.98. The van der Waals surface area contributed by atoms with E-state index in [1.807, 2.05) is 6.92 Å². The number of hydrogen-bond acceptors (Lipinski definition) is 5. The SMILES string of the molecule is CCc1nc(NC(C)CCc2cccs2)nc(C(C)F)n1. The van der Waals surface area contributed by atoms with Gasteiger partial charge in [0.1, 0.15) is 5.82 Å². The Morgan fingerprint density at radius 2 is 2.10 bits per heavy atom. The zero-order valence-electron chi connectivity index (χ0n) is 12.6. The lowest BCUT2D eigenvalue weighted by Crippen LogP contribution is -2.19. The molecule has 4 nitrogen and oxygen atoms in total. The molecule has 0 saturated carbocycles. The van der Waals surface area contributed by atoms with Crippen LogP contribution in [-0.4, -0.2) is 21.0 Å². The molecule has 0 saturated heterocycles. The van der Waals surface area contributed by atoms with Crippen LogP contribution in [0.25, 0.3) is 0 Å². The summed E-state index contributed by atoms with van der Waals surface area (Å²) < 4.78 is 13.4. The Balaban J connectivity index is 1.99. The molecule has 2 rings (SSSR count). The van der Waals surface area contributed by atoms with Crippen molar-refractivity contribution in [2.24, 2.45) is 0 Å². The van der Waals surface area contributed by atoms with Gasteiger partial charge in [0.15, 0.2) is 12.0 Å². The van der Waals surface area contributed by atoms with Gasteiger partial charge < -0.3 is 5.32 Å². The van der Waals surface area contributed by atoms with Gasteiger partial charge in [-0.3, -0.25) is 0 Å². The molecule has 0 aliphatic carbocycles. The monoisotopic (exact) mass is 308 g/mol. The molecule has 2 aromatic rings. The van der Waals surface area contributed by atoms with E-state index in [2.05, 4.69) is 44.7 Å². The van der Waals surface area contributed by atoms with E-state index in [4.69, 9.17) is 0 Å². The zero-order valence-corrected chi connectivity index (χ0v) is 13.5. The van der Waals surface area contributed by atoms with Crippen LogP contribution in [0.1, 0.15) is 49.9 Å². The number of aromatic nitrogens is 3. The van der Waals surface area contributed by atoms with Gasteiger partial charge in [-0.05, 0) is 38.1 Å². The van der Waals surface area contributed by atoms with Gasteiger partial charge in [-0.2, -0.15) is 9.97 Å². The summed E-state index contributed by atoms with van der Waals surface area (Å²) in [5.41, 5.74) is 0. The topological polar surface area (TPSA) is 50.7 Å². The van der Waals surface area contributed by atoms with Crippen molar-refractivity contribution >= 4 is 17.3 Å². The van der Waals surface area contributed by atoms with Crippen LogP contribution in [0.2, 0.25) is 0 Å². The molecule has 0 bridgehead atoms. The van der Waals surface area contributed by atoms with E-state index in [0.29, 0.717) is 18.2 Å². The van der Waals surface area contributed by atoms with E-state index >= 15 is 0 Å². The van der Waals surface area contributed by atoms with Gasteiger partial charge in [-0.15, -0.1) is 11.3 Å². The lowest BCUT2D eigenvalue weighted by atomic mass is 10.1. The molecule has 2 aromatic heterocycles. The first-order valence-electron chi connectivity index (χ1n) is 7.26. The Kier molecular flexibility index (Phi) is 5.61. The molecule has 0 aromatic carbocycles. The zero-order chi connectivity index (χ0) is 15.2. The van der Waals surface area contributed by atoms with Crippen molar-refractivity contribution in [2.45, 2.75) is 52.2 Å². The van der Waals surface area contributed by atoms with Crippen molar-refractivity contribution in [1.82, 2.24) is 15.0 Å². The summed E-state index contributed by atoms with van der Waals surface area (Å²) in [7, 11) is 0. The Morgan fingerprint density at radius 1 is 1.29 bits per heavy atom. The van der Waals surface area contributed by atoms with Crippen LogP contribution >= 0.6 is 11.3 Å². The number of alkyl halides is 1. The molecule has 6 heteroatoms. The summed E-state index contributed by atoms with van der Waals surface area (Å²) >= 11 is 1.77. The molecular weight excluding hydrogens is 287 g/mol. The molecule has 114 valence electrons. The quantitative estimate of drug-likeness (QED) is 0.841. The first-order chi connectivity index (χ1) is 10.1.